The zero-order valence-electron chi connectivity index (χ0n) is 24.0. The van der Waals surface area contributed by atoms with E-state index in [1.165, 1.54) is 12.1 Å². The van der Waals surface area contributed by atoms with Gasteiger partial charge in [-0.05, 0) is 72.2 Å². The summed E-state index contributed by atoms with van der Waals surface area (Å²) in [4.78, 5) is 27.5. The maximum absolute atomic E-state index is 13.9. The van der Waals surface area contributed by atoms with Crippen molar-refractivity contribution >= 4 is 27.5 Å². The van der Waals surface area contributed by atoms with Crippen LogP contribution in [-0.2, 0) is 30.8 Å². The van der Waals surface area contributed by atoms with Gasteiger partial charge in [-0.2, -0.15) is 0 Å². The number of nitrogens with one attached hydrogen (secondary N) is 1. The van der Waals surface area contributed by atoms with E-state index in [1.54, 1.807) is 24.3 Å². The zero-order chi connectivity index (χ0) is 29.8. The van der Waals surface area contributed by atoms with Crippen molar-refractivity contribution in [3.63, 3.8) is 0 Å². The minimum absolute atomic E-state index is 0.0783. The van der Waals surface area contributed by atoms with E-state index in [1.807, 2.05) is 58.0 Å². The van der Waals surface area contributed by atoms with Crippen LogP contribution >= 0.6 is 0 Å². The van der Waals surface area contributed by atoms with Crippen molar-refractivity contribution in [1.29, 1.82) is 0 Å². The van der Waals surface area contributed by atoms with Gasteiger partial charge in [-0.3, -0.25) is 14.3 Å². The number of ether oxygens (including phenoxy) is 1. The molecule has 1 aliphatic rings. The summed E-state index contributed by atoms with van der Waals surface area (Å²) in [5.74, 6) is -2.78. The smallest absolute Gasteiger partial charge is 0.317 e. The van der Waals surface area contributed by atoms with Gasteiger partial charge in [0.05, 0.1) is 4.90 Å². The van der Waals surface area contributed by atoms with Crippen LogP contribution in [0, 0.1) is 17.2 Å². The molecule has 3 atom stereocenters. The summed E-state index contributed by atoms with van der Waals surface area (Å²) in [5.41, 5.74) is 0.689. The van der Waals surface area contributed by atoms with E-state index in [4.69, 9.17) is 4.74 Å². The first-order valence-corrected chi connectivity index (χ1v) is 15.5. The number of carbonyl (C=O) groups is 2. The fourth-order valence-corrected chi connectivity index (χ4v) is 6.94. The normalized spacial score (nSPS) is 20.4. The Labute approximate surface area is 242 Å². The maximum atomic E-state index is 13.9. The first-order valence-electron chi connectivity index (χ1n) is 14.0. The summed E-state index contributed by atoms with van der Waals surface area (Å²) in [6, 6.07) is 21.2. The van der Waals surface area contributed by atoms with Gasteiger partial charge in [0.1, 0.15) is 17.3 Å². The average molecular weight is 580 g/mol. The molecular weight excluding hydrogens is 541 g/mol. The molecule has 1 saturated heterocycles. The fraction of sp³-hybridized carbons (Fsp3) is 0.394. The molecule has 1 N–H and O–H groups in total. The number of hydrogen-bond acceptors (Lipinski definition) is 5. The molecule has 0 aromatic heterocycles. The number of carbonyl (C=O) groups excluding carboxylic acids is 2. The molecular formula is C33H38FNO5S. The zero-order valence-corrected chi connectivity index (χ0v) is 24.8. The molecule has 0 bridgehead atoms. The van der Waals surface area contributed by atoms with Gasteiger partial charge in [0, 0.05) is 18.0 Å². The first-order chi connectivity index (χ1) is 19.3. The largest absolute Gasteiger partial charge is 0.458 e. The third-order valence-electron chi connectivity index (χ3n) is 7.72. The van der Waals surface area contributed by atoms with E-state index in [2.05, 4.69) is 4.72 Å². The molecule has 6 nitrogen and oxygen atoms in total. The predicted octanol–water partition coefficient (Wildman–Crippen LogP) is 7.06. The molecule has 1 aliphatic heterocycles. The Kier molecular flexibility index (Phi) is 9.02. The molecule has 3 aromatic carbocycles. The Morgan fingerprint density at radius 3 is 2.27 bits per heavy atom. The highest BCUT2D eigenvalue weighted by molar-refractivity contribution is 7.92. The van der Waals surface area contributed by atoms with Gasteiger partial charge in [-0.1, -0.05) is 76.6 Å². The van der Waals surface area contributed by atoms with Gasteiger partial charge < -0.3 is 4.74 Å². The van der Waals surface area contributed by atoms with Crippen LogP contribution in [0.4, 0.5) is 10.1 Å². The first kappa shape index (κ1) is 30.4. The van der Waals surface area contributed by atoms with E-state index in [9.17, 15) is 22.4 Å². The molecule has 1 heterocycles. The molecule has 0 aliphatic carbocycles. The topological polar surface area (TPSA) is 89.5 Å². The molecule has 3 aromatic rings. The molecule has 218 valence electrons. The lowest BCUT2D eigenvalue weighted by molar-refractivity contribution is -0.182. The number of hydrogen-bond donors (Lipinski definition) is 1. The number of rotatable bonds is 10. The van der Waals surface area contributed by atoms with E-state index >= 15 is 0 Å². The van der Waals surface area contributed by atoms with Gasteiger partial charge in [-0.25, -0.2) is 12.8 Å². The van der Waals surface area contributed by atoms with Gasteiger partial charge >= 0.3 is 5.97 Å². The highest BCUT2D eigenvalue weighted by Crippen LogP contribution is 2.47. The Morgan fingerprint density at radius 2 is 1.66 bits per heavy atom. The monoisotopic (exact) mass is 579 g/mol. The van der Waals surface area contributed by atoms with Crippen molar-refractivity contribution in [2.45, 2.75) is 76.2 Å². The van der Waals surface area contributed by atoms with Crippen molar-refractivity contribution in [3.05, 3.63) is 95.8 Å². The molecule has 8 heteroatoms. The Balaban J connectivity index is 1.61. The van der Waals surface area contributed by atoms with Gasteiger partial charge in [0.15, 0.2) is 5.78 Å². The van der Waals surface area contributed by atoms with E-state index < -0.39 is 44.7 Å². The number of anilines is 1. The van der Waals surface area contributed by atoms with Crippen LogP contribution in [0.1, 0.15) is 70.4 Å². The third-order valence-corrected chi connectivity index (χ3v) is 9.12. The van der Waals surface area contributed by atoms with Crippen molar-refractivity contribution < 1.29 is 27.1 Å². The van der Waals surface area contributed by atoms with E-state index in [-0.39, 0.29) is 22.8 Å². The van der Waals surface area contributed by atoms with Crippen molar-refractivity contribution in [2.24, 2.45) is 11.3 Å². The van der Waals surface area contributed by atoms with Crippen LogP contribution in [-0.4, -0.2) is 25.8 Å². The van der Waals surface area contributed by atoms with E-state index in [0.29, 0.717) is 24.8 Å². The molecule has 3 unspecified atom stereocenters. The minimum atomic E-state index is -3.98. The highest BCUT2D eigenvalue weighted by atomic mass is 32.2. The second-order valence-corrected chi connectivity index (χ2v) is 13.7. The van der Waals surface area contributed by atoms with Gasteiger partial charge in [0.2, 0.25) is 0 Å². The number of halogens is 1. The highest BCUT2D eigenvalue weighted by Gasteiger charge is 2.51. The van der Waals surface area contributed by atoms with Crippen molar-refractivity contribution in [3.8, 4) is 0 Å². The summed E-state index contributed by atoms with van der Waals surface area (Å²) in [6.07, 6.45) is 2.79. The summed E-state index contributed by atoms with van der Waals surface area (Å²) in [5, 5.41) is 0. The number of ketones is 1. The summed E-state index contributed by atoms with van der Waals surface area (Å²) in [6.45, 7) is 7.88. The number of Topliss-reactive ketones (excluding diaryl/α,β-unsaturated/α-hetero) is 1. The maximum Gasteiger partial charge on any atom is 0.317 e. The number of benzene rings is 3. The Morgan fingerprint density at radius 1 is 0.976 bits per heavy atom. The molecule has 0 amide bonds. The van der Waals surface area contributed by atoms with Crippen LogP contribution in [0.2, 0.25) is 0 Å². The van der Waals surface area contributed by atoms with E-state index in [0.717, 1.165) is 24.1 Å². The lowest BCUT2D eigenvalue weighted by atomic mass is 9.65. The number of cyclic esters (lactones) is 1. The average Bonchev–Trinajstić information content (AvgIpc) is 2.90. The predicted molar refractivity (Wildman–Crippen MR) is 157 cm³/mol. The second kappa shape index (κ2) is 12.1. The Bertz CT molecular complexity index is 1460. The summed E-state index contributed by atoms with van der Waals surface area (Å²) < 4.78 is 47.9. The molecule has 0 radical (unpaired) electrons. The third kappa shape index (κ3) is 7.22. The lowest BCUT2D eigenvalue weighted by Crippen LogP contribution is -2.51. The number of aryl methyl sites for hydroxylation is 1. The molecule has 0 spiro atoms. The second-order valence-electron chi connectivity index (χ2n) is 12.0. The van der Waals surface area contributed by atoms with Crippen molar-refractivity contribution in [1.82, 2.24) is 0 Å². The van der Waals surface area contributed by atoms with Crippen LogP contribution in [0.15, 0.2) is 83.8 Å². The molecule has 1 fully saturated rings. The standard InChI is InChI=1S/C33H38FNO5S/c1-5-19-33(20-18-23-10-7-6-8-11-23)22-28(36)29(31(37)40-33)30(32(2,3)4)24-12-9-13-26(21-24)35-41(38,39)27-16-14-25(34)15-17-27/h6-17,21,29-30,35H,5,18-20,22H2,1-4H3. The SMILES string of the molecule is CCCC1(CCc2ccccc2)CC(=O)C(C(c2cccc(NS(=O)(=O)c3ccc(F)cc3)c2)C(C)(C)C)C(=O)O1. The Hall–Kier alpha value is -3.52. The lowest BCUT2D eigenvalue weighted by Gasteiger charge is -2.44. The molecule has 4 rings (SSSR count). The van der Waals surface area contributed by atoms with Crippen LogP contribution in [0.3, 0.4) is 0 Å². The van der Waals surface area contributed by atoms with Gasteiger partial charge in [-0.15, -0.1) is 0 Å². The number of sulfonamides is 1. The summed E-state index contributed by atoms with van der Waals surface area (Å²) in [7, 11) is -3.98. The van der Waals surface area contributed by atoms with Crippen molar-refractivity contribution in [2.75, 3.05) is 4.72 Å². The molecule has 0 saturated carbocycles. The quantitative estimate of drug-likeness (QED) is 0.205. The van der Waals surface area contributed by atoms with Crippen LogP contribution in [0.25, 0.3) is 0 Å². The van der Waals surface area contributed by atoms with Crippen LogP contribution < -0.4 is 4.72 Å². The fourth-order valence-electron chi connectivity index (χ4n) is 5.89. The molecule has 41 heavy (non-hydrogen) atoms. The summed E-state index contributed by atoms with van der Waals surface area (Å²) >= 11 is 0. The van der Waals surface area contributed by atoms with Gasteiger partial charge in [0.25, 0.3) is 10.0 Å². The number of esters is 1. The minimum Gasteiger partial charge on any atom is -0.458 e. The van der Waals surface area contributed by atoms with Crippen LogP contribution in [0.5, 0.6) is 0 Å².